The summed E-state index contributed by atoms with van der Waals surface area (Å²) in [5.74, 6) is -1.21. The van der Waals surface area contributed by atoms with Crippen molar-refractivity contribution in [2.24, 2.45) is 0 Å². The van der Waals surface area contributed by atoms with Crippen LogP contribution >= 0.6 is 11.6 Å². The summed E-state index contributed by atoms with van der Waals surface area (Å²) in [6.45, 7) is 7.90. The molecule has 3 aromatic rings. The van der Waals surface area contributed by atoms with Gasteiger partial charge in [0.2, 0.25) is 0 Å². The summed E-state index contributed by atoms with van der Waals surface area (Å²) in [4.78, 5) is 31.4. The lowest BCUT2D eigenvalue weighted by molar-refractivity contribution is 0.0925. The lowest BCUT2D eigenvalue weighted by Gasteiger charge is -2.19. The number of pyridine rings is 1. The van der Waals surface area contributed by atoms with Crippen LogP contribution in [-0.4, -0.2) is 25.2 Å². The molecule has 170 valence electrons. The number of hydrogen-bond donors (Lipinski definition) is 1. The Morgan fingerprint density at radius 3 is 2.18 bits per heavy atom. The summed E-state index contributed by atoms with van der Waals surface area (Å²) < 4.78 is 28.6. The van der Waals surface area contributed by atoms with Gasteiger partial charge in [0.25, 0.3) is 21.8 Å². The highest BCUT2D eigenvalue weighted by Crippen LogP contribution is 2.37. The molecule has 2 aromatic carbocycles. The topological polar surface area (TPSA) is 96.4 Å². The number of imide groups is 1. The maximum Gasteiger partial charge on any atom is 0.269 e. The first-order valence-corrected chi connectivity index (χ1v) is 12.0. The largest absolute Gasteiger partial charge is 0.279 e. The number of sulfonamides is 1. The van der Waals surface area contributed by atoms with E-state index >= 15 is 0 Å². The van der Waals surface area contributed by atoms with E-state index in [1.54, 1.807) is 31.2 Å². The van der Waals surface area contributed by atoms with E-state index in [0.29, 0.717) is 0 Å². The molecule has 0 saturated heterocycles. The number of carbonyl (C=O) groups is 2. The number of hydrogen-bond acceptors (Lipinski definition) is 5. The third-order valence-electron chi connectivity index (χ3n) is 5.39. The fourth-order valence-electron chi connectivity index (χ4n) is 3.60. The van der Waals surface area contributed by atoms with Crippen LogP contribution in [0, 0.1) is 6.92 Å². The molecule has 1 aliphatic heterocycles. The Labute approximate surface area is 197 Å². The number of benzene rings is 2. The third kappa shape index (κ3) is 4.12. The van der Waals surface area contributed by atoms with Crippen molar-refractivity contribution in [3.05, 3.63) is 82.0 Å². The standard InChI is InChI=1S/C24H22ClN3O4S/c1-14-11-12-26-19(13-14)28-22(29)20-17(25)9-10-18(21(20)23(28)30)27-33(31,32)16-7-5-15(6-8-16)24(2,3)4/h5-13,27H,1-4H3. The van der Waals surface area contributed by atoms with Gasteiger partial charge in [0, 0.05) is 6.20 Å². The average molecular weight is 484 g/mol. The van der Waals surface area contributed by atoms with Crippen molar-refractivity contribution in [1.29, 1.82) is 0 Å². The normalized spacial score (nSPS) is 13.9. The molecule has 0 aliphatic carbocycles. The van der Waals surface area contributed by atoms with Gasteiger partial charge < -0.3 is 0 Å². The van der Waals surface area contributed by atoms with E-state index in [-0.39, 0.29) is 38.0 Å². The number of rotatable bonds is 4. The van der Waals surface area contributed by atoms with Crippen LogP contribution in [0.4, 0.5) is 11.5 Å². The molecule has 1 aromatic heterocycles. The molecular weight excluding hydrogens is 462 g/mol. The summed E-state index contributed by atoms with van der Waals surface area (Å²) >= 11 is 6.24. The molecule has 0 bridgehead atoms. The molecule has 2 amide bonds. The maximum absolute atomic E-state index is 13.2. The highest BCUT2D eigenvalue weighted by molar-refractivity contribution is 7.92. The van der Waals surface area contributed by atoms with Gasteiger partial charge in [-0.25, -0.2) is 18.3 Å². The van der Waals surface area contributed by atoms with Gasteiger partial charge in [-0.3, -0.25) is 14.3 Å². The van der Waals surface area contributed by atoms with Gasteiger partial charge in [0.1, 0.15) is 5.82 Å². The smallest absolute Gasteiger partial charge is 0.269 e. The van der Waals surface area contributed by atoms with Crippen molar-refractivity contribution in [3.63, 3.8) is 0 Å². The molecule has 7 nitrogen and oxygen atoms in total. The first-order chi connectivity index (χ1) is 15.4. The summed E-state index contributed by atoms with van der Waals surface area (Å²) in [7, 11) is -4.03. The first-order valence-electron chi connectivity index (χ1n) is 10.2. The number of aryl methyl sites for hydroxylation is 1. The van der Waals surface area contributed by atoms with E-state index in [4.69, 9.17) is 11.6 Å². The second-order valence-corrected chi connectivity index (χ2v) is 11.0. The molecule has 1 N–H and O–H groups in total. The van der Waals surface area contributed by atoms with E-state index < -0.39 is 21.8 Å². The van der Waals surface area contributed by atoms with Crippen LogP contribution < -0.4 is 9.62 Å². The second kappa shape index (κ2) is 7.97. The number of amides is 2. The van der Waals surface area contributed by atoms with Gasteiger partial charge in [-0.1, -0.05) is 44.5 Å². The molecule has 2 heterocycles. The first kappa shape index (κ1) is 22.9. The van der Waals surface area contributed by atoms with Crippen molar-refractivity contribution in [2.45, 2.75) is 38.0 Å². The van der Waals surface area contributed by atoms with Crippen LogP contribution in [0.3, 0.4) is 0 Å². The summed E-state index contributed by atoms with van der Waals surface area (Å²) in [5, 5.41) is 0.0518. The van der Waals surface area contributed by atoms with E-state index in [9.17, 15) is 18.0 Å². The Morgan fingerprint density at radius 2 is 1.58 bits per heavy atom. The van der Waals surface area contributed by atoms with E-state index in [2.05, 4.69) is 9.71 Å². The minimum atomic E-state index is -4.03. The van der Waals surface area contributed by atoms with Crippen LogP contribution in [-0.2, 0) is 15.4 Å². The Kier molecular flexibility index (Phi) is 5.54. The van der Waals surface area contributed by atoms with Gasteiger partial charge in [-0.05, 0) is 59.9 Å². The molecule has 0 unspecified atom stereocenters. The number of nitrogens with zero attached hydrogens (tertiary/aromatic N) is 2. The SMILES string of the molecule is Cc1ccnc(N2C(=O)c3c(Cl)ccc(NS(=O)(=O)c4ccc(C(C)(C)C)cc4)c3C2=O)c1. The van der Waals surface area contributed by atoms with E-state index in [1.807, 2.05) is 20.8 Å². The van der Waals surface area contributed by atoms with Gasteiger partial charge >= 0.3 is 0 Å². The zero-order valence-electron chi connectivity index (χ0n) is 18.5. The lowest BCUT2D eigenvalue weighted by Crippen LogP contribution is -2.30. The predicted octanol–water partition coefficient (Wildman–Crippen LogP) is 4.94. The van der Waals surface area contributed by atoms with Crippen molar-refractivity contribution < 1.29 is 18.0 Å². The number of carbonyl (C=O) groups excluding carboxylic acids is 2. The highest BCUT2D eigenvalue weighted by atomic mass is 35.5. The van der Waals surface area contributed by atoms with Crippen molar-refractivity contribution in [1.82, 2.24) is 4.98 Å². The molecule has 0 atom stereocenters. The van der Waals surface area contributed by atoms with Crippen molar-refractivity contribution in [2.75, 3.05) is 9.62 Å². The molecule has 4 rings (SSSR count). The molecule has 33 heavy (non-hydrogen) atoms. The number of anilines is 2. The number of nitrogens with one attached hydrogen (secondary N) is 1. The summed E-state index contributed by atoms with van der Waals surface area (Å²) in [5.41, 5.74) is 1.47. The Bertz CT molecular complexity index is 1390. The summed E-state index contributed by atoms with van der Waals surface area (Å²) in [6, 6.07) is 12.6. The van der Waals surface area contributed by atoms with Crippen LogP contribution in [0.5, 0.6) is 0 Å². The maximum atomic E-state index is 13.2. The van der Waals surface area contributed by atoms with Crippen LogP contribution in [0.2, 0.25) is 5.02 Å². The quantitative estimate of drug-likeness (QED) is 0.530. The van der Waals surface area contributed by atoms with Crippen LogP contribution in [0.1, 0.15) is 52.6 Å². The molecule has 0 spiro atoms. The Hall–Kier alpha value is -3.23. The van der Waals surface area contributed by atoms with Crippen LogP contribution in [0.25, 0.3) is 0 Å². The molecule has 0 fully saturated rings. The lowest BCUT2D eigenvalue weighted by atomic mass is 9.87. The molecule has 0 saturated carbocycles. The van der Waals surface area contributed by atoms with Gasteiger partial charge in [0.05, 0.1) is 26.7 Å². The average Bonchev–Trinajstić information content (AvgIpc) is 3.01. The predicted molar refractivity (Wildman–Crippen MR) is 128 cm³/mol. The zero-order chi connectivity index (χ0) is 24.1. The molecule has 1 aliphatic rings. The Balaban J connectivity index is 1.74. The van der Waals surface area contributed by atoms with Gasteiger partial charge in [-0.2, -0.15) is 0 Å². The monoisotopic (exact) mass is 483 g/mol. The molecule has 9 heteroatoms. The second-order valence-electron chi connectivity index (χ2n) is 8.86. The minimum absolute atomic E-state index is 0.0252. The van der Waals surface area contributed by atoms with Crippen molar-refractivity contribution >= 4 is 44.9 Å². The number of aromatic nitrogens is 1. The highest BCUT2D eigenvalue weighted by Gasteiger charge is 2.41. The van der Waals surface area contributed by atoms with Crippen LogP contribution in [0.15, 0.2) is 59.6 Å². The number of halogens is 1. The number of fused-ring (bicyclic) bond motifs is 1. The minimum Gasteiger partial charge on any atom is -0.279 e. The zero-order valence-corrected chi connectivity index (χ0v) is 20.1. The summed E-state index contributed by atoms with van der Waals surface area (Å²) in [6.07, 6.45) is 1.49. The van der Waals surface area contributed by atoms with E-state index in [0.717, 1.165) is 16.0 Å². The van der Waals surface area contributed by atoms with E-state index in [1.165, 1.54) is 30.5 Å². The fourth-order valence-corrected chi connectivity index (χ4v) is 4.91. The van der Waals surface area contributed by atoms with Crippen molar-refractivity contribution in [3.8, 4) is 0 Å². The third-order valence-corrected chi connectivity index (χ3v) is 7.09. The van der Waals surface area contributed by atoms with Gasteiger partial charge in [-0.15, -0.1) is 0 Å². The molecule has 0 radical (unpaired) electrons. The Morgan fingerprint density at radius 1 is 0.939 bits per heavy atom. The fraction of sp³-hybridized carbons (Fsp3) is 0.208. The molecular formula is C24H22ClN3O4S. The van der Waals surface area contributed by atoms with Gasteiger partial charge in [0.15, 0.2) is 0 Å².